The van der Waals surface area contributed by atoms with Crippen molar-refractivity contribution in [3.05, 3.63) is 96.1 Å². The number of benzene rings is 2. The van der Waals surface area contributed by atoms with Gasteiger partial charge in [-0.2, -0.15) is 0 Å². The molecule has 0 bridgehead atoms. The Kier molecular flexibility index (Phi) is 6.47. The Labute approximate surface area is 136 Å². The molecule has 1 heterocycles. The van der Waals surface area contributed by atoms with Crippen molar-refractivity contribution < 1.29 is 4.79 Å². The molecule has 4 nitrogen and oxygen atoms in total. The molecule has 23 heavy (non-hydrogen) atoms. The average molecular weight is 305 g/mol. The Hall–Kier alpha value is -3.01. The van der Waals surface area contributed by atoms with E-state index in [0.29, 0.717) is 0 Å². The van der Waals surface area contributed by atoms with Crippen molar-refractivity contribution in [2.24, 2.45) is 5.73 Å². The van der Waals surface area contributed by atoms with E-state index in [0.717, 1.165) is 12.8 Å². The second kappa shape index (κ2) is 9.10. The predicted molar refractivity (Wildman–Crippen MR) is 90.8 cm³/mol. The fraction of sp³-hybridized carbons (Fsp3) is 0.105. The lowest BCUT2D eigenvalue weighted by atomic mass is 10.0. The highest BCUT2D eigenvalue weighted by atomic mass is 16.1. The number of hydrogen-bond acceptors (Lipinski definition) is 3. The highest BCUT2D eigenvalue weighted by Gasteiger charge is 1.97. The minimum absolute atomic E-state index is 0.192. The molecular weight excluding hydrogens is 286 g/mol. The van der Waals surface area contributed by atoms with Crippen molar-refractivity contribution in [1.29, 1.82) is 0 Å². The summed E-state index contributed by atoms with van der Waals surface area (Å²) in [4.78, 5) is 17.6. The van der Waals surface area contributed by atoms with Crippen LogP contribution >= 0.6 is 0 Å². The third-order valence-corrected chi connectivity index (χ3v) is 3.20. The summed E-state index contributed by atoms with van der Waals surface area (Å²) in [5.41, 5.74) is 7.89. The summed E-state index contributed by atoms with van der Waals surface area (Å²) >= 11 is 0. The lowest BCUT2D eigenvalue weighted by Gasteiger charge is -2.01. The van der Waals surface area contributed by atoms with Gasteiger partial charge >= 0.3 is 0 Å². The molecule has 3 rings (SSSR count). The van der Waals surface area contributed by atoms with E-state index in [1.54, 1.807) is 0 Å². The molecule has 0 saturated heterocycles. The molecule has 4 heteroatoms. The molecule has 0 aliphatic carbocycles. The Balaban J connectivity index is 0.000000185. The van der Waals surface area contributed by atoms with E-state index < -0.39 is 5.91 Å². The van der Waals surface area contributed by atoms with E-state index in [2.05, 4.69) is 70.6 Å². The summed E-state index contributed by atoms with van der Waals surface area (Å²) in [6.07, 6.45) is 6.48. The second-order valence-corrected chi connectivity index (χ2v) is 4.93. The minimum atomic E-state index is -0.553. The van der Waals surface area contributed by atoms with Crippen molar-refractivity contribution in [2.45, 2.75) is 12.8 Å². The van der Waals surface area contributed by atoms with Gasteiger partial charge in [-0.05, 0) is 24.0 Å². The van der Waals surface area contributed by atoms with E-state index in [1.807, 2.05) is 0 Å². The standard InChI is InChI=1S/C14H14.C5H5N3O/c1-3-7-13(8-4-1)11-12-14-9-5-2-6-10-14;6-5(9)4-3-7-1-2-8-4/h1-10H,11-12H2;1-3H,(H2,6,9). The highest BCUT2D eigenvalue weighted by Crippen LogP contribution is 2.06. The molecule has 2 N–H and O–H groups in total. The smallest absolute Gasteiger partial charge is 0.268 e. The Morgan fingerprint density at radius 1 is 0.826 bits per heavy atom. The summed E-state index contributed by atoms with van der Waals surface area (Å²) in [6, 6.07) is 21.2. The van der Waals surface area contributed by atoms with Gasteiger partial charge < -0.3 is 5.73 Å². The van der Waals surface area contributed by atoms with E-state index in [4.69, 9.17) is 5.73 Å². The Morgan fingerprint density at radius 2 is 1.35 bits per heavy atom. The van der Waals surface area contributed by atoms with E-state index in [-0.39, 0.29) is 5.69 Å². The van der Waals surface area contributed by atoms with Crippen LogP contribution in [0.5, 0.6) is 0 Å². The molecule has 0 aliphatic rings. The monoisotopic (exact) mass is 305 g/mol. The summed E-state index contributed by atoms with van der Waals surface area (Å²) in [5.74, 6) is -0.553. The van der Waals surface area contributed by atoms with Gasteiger partial charge in [0.25, 0.3) is 5.91 Å². The number of nitrogens with zero attached hydrogens (tertiary/aromatic N) is 2. The Morgan fingerprint density at radius 3 is 1.70 bits per heavy atom. The summed E-state index contributed by atoms with van der Waals surface area (Å²) in [6.45, 7) is 0. The van der Waals surface area contributed by atoms with Crippen LogP contribution in [0.25, 0.3) is 0 Å². The lowest BCUT2D eigenvalue weighted by Crippen LogP contribution is -2.12. The van der Waals surface area contributed by atoms with E-state index >= 15 is 0 Å². The van der Waals surface area contributed by atoms with Crippen molar-refractivity contribution >= 4 is 5.91 Å². The number of aromatic nitrogens is 2. The maximum absolute atomic E-state index is 10.3. The van der Waals surface area contributed by atoms with Gasteiger partial charge in [-0.25, -0.2) is 4.98 Å². The van der Waals surface area contributed by atoms with Gasteiger partial charge in [-0.3, -0.25) is 9.78 Å². The quantitative estimate of drug-likeness (QED) is 0.805. The Bertz CT molecular complexity index is 661. The predicted octanol–water partition coefficient (Wildman–Crippen LogP) is 3.05. The van der Waals surface area contributed by atoms with Gasteiger partial charge in [-0.15, -0.1) is 0 Å². The van der Waals surface area contributed by atoms with Gasteiger partial charge in [0.15, 0.2) is 0 Å². The summed E-state index contributed by atoms with van der Waals surface area (Å²) < 4.78 is 0. The van der Waals surface area contributed by atoms with Crippen LogP contribution in [0.2, 0.25) is 0 Å². The van der Waals surface area contributed by atoms with Crippen molar-refractivity contribution in [3.63, 3.8) is 0 Å². The molecule has 0 aliphatic heterocycles. The minimum Gasteiger partial charge on any atom is -0.364 e. The fourth-order valence-corrected chi connectivity index (χ4v) is 2.00. The van der Waals surface area contributed by atoms with Gasteiger partial charge in [-0.1, -0.05) is 60.7 Å². The first-order valence-corrected chi connectivity index (χ1v) is 7.39. The molecule has 0 saturated carbocycles. The number of aryl methyl sites for hydroxylation is 2. The molecule has 2 aromatic carbocycles. The lowest BCUT2D eigenvalue weighted by molar-refractivity contribution is 0.0995. The summed E-state index contributed by atoms with van der Waals surface area (Å²) in [7, 11) is 0. The highest BCUT2D eigenvalue weighted by molar-refractivity contribution is 5.90. The first-order chi connectivity index (χ1) is 11.3. The topological polar surface area (TPSA) is 68.9 Å². The molecule has 116 valence electrons. The van der Waals surface area contributed by atoms with Gasteiger partial charge in [0.05, 0.1) is 6.20 Å². The number of amides is 1. The summed E-state index contributed by atoms with van der Waals surface area (Å²) in [5, 5.41) is 0. The molecule has 1 amide bonds. The van der Waals surface area contributed by atoms with Crippen LogP contribution in [-0.2, 0) is 12.8 Å². The molecule has 0 atom stereocenters. The maximum atomic E-state index is 10.3. The third-order valence-electron chi connectivity index (χ3n) is 3.20. The average Bonchev–Trinajstić information content (AvgIpc) is 2.63. The molecular formula is C19H19N3O. The maximum Gasteiger partial charge on any atom is 0.268 e. The number of nitrogens with two attached hydrogens (primary N) is 1. The van der Waals surface area contributed by atoms with Crippen molar-refractivity contribution in [3.8, 4) is 0 Å². The van der Waals surface area contributed by atoms with E-state index in [9.17, 15) is 4.79 Å². The normalized spacial score (nSPS) is 9.57. The first-order valence-electron chi connectivity index (χ1n) is 7.39. The molecule has 0 unspecified atom stereocenters. The number of rotatable bonds is 4. The number of carbonyl (C=O) groups is 1. The number of hydrogen-bond donors (Lipinski definition) is 1. The molecule has 1 aromatic heterocycles. The van der Waals surface area contributed by atoms with Crippen LogP contribution in [0, 0.1) is 0 Å². The largest absolute Gasteiger partial charge is 0.364 e. The van der Waals surface area contributed by atoms with Gasteiger partial charge in [0.2, 0.25) is 0 Å². The van der Waals surface area contributed by atoms with Gasteiger partial charge in [0.1, 0.15) is 5.69 Å². The van der Waals surface area contributed by atoms with Crippen molar-refractivity contribution in [2.75, 3.05) is 0 Å². The second-order valence-electron chi connectivity index (χ2n) is 4.93. The SMILES string of the molecule is NC(=O)c1cnccn1.c1ccc(CCc2ccccc2)cc1. The van der Waals surface area contributed by atoms with Gasteiger partial charge in [0, 0.05) is 12.4 Å². The number of carbonyl (C=O) groups excluding carboxylic acids is 1. The van der Waals surface area contributed by atoms with Crippen LogP contribution in [0.4, 0.5) is 0 Å². The zero-order valence-corrected chi connectivity index (χ0v) is 12.8. The molecule has 0 spiro atoms. The zero-order chi connectivity index (χ0) is 16.3. The third kappa shape index (κ3) is 6.09. The van der Waals surface area contributed by atoms with E-state index in [1.165, 1.54) is 29.7 Å². The van der Waals surface area contributed by atoms with Crippen LogP contribution in [0.15, 0.2) is 79.3 Å². The molecule has 0 radical (unpaired) electrons. The fourth-order valence-electron chi connectivity index (χ4n) is 2.00. The van der Waals surface area contributed by atoms with Crippen LogP contribution < -0.4 is 5.73 Å². The van der Waals surface area contributed by atoms with Crippen LogP contribution in [-0.4, -0.2) is 15.9 Å². The molecule has 3 aromatic rings. The molecule has 0 fully saturated rings. The number of primary amides is 1. The first kappa shape index (κ1) is 16.4. The van der Waals surface area contributed by atoms with Crippen LogP contribution in [0.1, 0.15) is 21.6 Å². The van der Waals surface area contributed by atoms with Crippen LogP contribution in [0.3, 0.4) is 0 Å². The van der Waals surface area contributed by atoms with Crippen molar-refractivity contribution in [1.82, 2.24) is 9.97 Å². The zero-order valence-electron chi connectivity index (χ0n) is 12.8.